The number of hydrogen-bond acceptors (Lipinski definition) is 8. The van der Waals surface area contributed by atoms with Crippen LogP contribution in [0.2, 0.25) is 0 Å². The molecule has 0 bridgehead atoms. The number of halogens is 2. The van der Waals surface area contributed by atoms with E-state index >= 15 is 8.78 Å². The number of amides is 4. The number of rotatable bonds is 9. The fourth-order valence-electron chi connectivity index (χ4n) is 8.60. The zero-order chi connectivity index (χ0) is 44.2. The third kappa shape index (κ3) is 7.04. The number of imide groups is 2. The first-order valence-corrected chi connectivity index (χ1v) is 20.4. The monoisotopic (exact) mass is 856 g/mol. The van der Waals surface area contributed by atoms with Crippen LogP contribution in [0, 0.1) is 11.6 Å². The molecule has 4 amide bonds. The molecule has 0 radical (unpaired) electrons. The summed E-state index contributed by atoms with van der Waals surface area (Å²) < 4.78 is 35.3. The number of aromatic nitrogens is 2. The van der Waals surface area contributed by atoms with Gasteiger partial charge >= 0.3 is 11.9 Å². The molecule has 2 fully saturated rings. The molecule has 0 N–H and O–H groups in total. The van der Waals surface area contributed by atoms with E-state index in [1.807, 2.05) is 48.5 Å². The van der Waals surface area contributed by atoms with E-state index in [1.165, 1.54) is 24.3 Å². The highest BCUT2D eigenvalue weighted by atomic mass is 19.1. The number of carbonyl (C=O) groups is 6. The SMILES string of the molecule is O=C(ON1C(=O)CCC1=O)c1ccc(C[n+]2c3ccccc3c(-c3c4ccccc4[n+](Cc4ccc(C(=O)ON5C(=O)CCC5=O)cc4)c4ccc(F)cc34)c3cc(F)ccc32)cc1. The lowest BCUT2D eigenvalue weighted by atomic mass is 9.89. The van der Waals surface area contributed by atoms with E-state index < -0.39 is 47.2 Å². The van der Waals surface area contributed by atoms with Crippen LogP contribution in [-0.2, 0) is 41.9 Å². The first-order valence-electron chi connectivity index (χ1n) is 20.4. The van der Waals surface area contributed by atoms with Crippen LogP contribution in [0.3, 0.4) is 0 Å². The molecule has 0 spiro atoms. The van der Waals surface area contributed by atoms with E-state index in [2.05, 4.69) is 9.13 Å². The number of carbonyl (C=O) groups excluding carboxylic acids is 6. The van der Waals surface area contributed by atoms with Crippen molar-refractivity contribution in [3.05, 3.63) is 167 Å². The Morgan fingerprint density at radius 3 is 1.17 bits per heavy atom. The van der Waals surface area contributed by atoms with Gasteiger partial charge in [0, 0.05) is 72.2 Å². The molecule has 4 heterocycles. The lowest BCUT2D eigenvalue weighted by Gasteiger charge is -2.17. The zero-order valence-electron chi connectivity index (χ0n) is 33.8. The molecule has 12 nitrogen and oxygen atoms in total. The summed E-state index contributed by atoms with van der Waals surface area (Å²) in [6, 6.07) is 37.8. The molecule has 0 aliphatic carbocycles. The Morgan fingerprint density at radius 2 is 0.797 bits per heavy atom. The van der Waals surface area contributed by atoms with Crippen molar-refractivity contribution in [3.8, 4) is 11.1 Å². The van der Waals surface area contributed by atoms with Crippen molar-refractivity contribution in [1.29, 1.82) is 0 Å². The molecule has 2 aliphatic rings. The van der Waals surface area contributed by atoms with Crippen LogP contribution < -0.4 is 9.13 Å². The van der Waals surface area contributed by atoms with E-state index in [0.717, 1.165) is 32.9 Å². The number of para-hydroxylation sites is 2. The van der Waals surface area contributed by atoms with E-state index in [-0.39, 0.29) is 36.8 Å². The summed E-state index contributed by atoms with van der Waals surface area (Å²) in [6.45, 7) is 0.606. The smallest absolute Gasteiger partial charge is 0.325 e. The largest absolute Gasteiger partial charge is 0.363 e. The predicted octanol–water partition coefficient (Wildman–Crippen LogP) is 7.36. The molecule has 0 unspecified atom stereocenters. The van der Waals surface area contributed by atoms with Gasteiger partial charge in [0.15, 0.2) is 13.1 Å². The summed E-state index contributed by atoms with van der Waals surface area (Å²) in [4.78, 5) is 84.0. The summed E-state index contributed by atoms with van der Waals surface area (Å²) in [7, 11) is 0. The number of pyridine rings is 2. The minimum atomic E-state index is -0.842. The second-order valence-electron chi connectivity index (χ2n) is 15.6. The van der Waals surface area contributed by atoms with Crippen molar-refractivity contribution in [2.45, 2.75) is 38.8 Å². The highest BCUT2D eigenvalue weighted by molar-refractivity contribution is 6.19. The Kier molecular flexibility index (Phi) is 9.89. The quantitative estimate of drug-likeness (QED) is 0.0836. The molecule has 10 rings (SSSR count). The Labute approximate surface area is 362 Å². The number of fused-ring (bicyclic) bond motifs is 4. The van der Waals surface area contributed by atoms with E-state index in [4.69, 9.17) is 9.68 Å². The van der Waals surface area contributed by atoms with Crippen LogP contribution in [0.25, 0.3) is 54.7 Å². The summed E-state index contributed by atoms with van der Waals surface area (Å²) in [5, 5.41) is 3.71. The molecule has 8 aromatic rings. The summed E-state index contributed by atoms with van der Waals surface area (Å²) in [5.74, 6) is -4.92. The fraction of sp³-hybridized carbons (Fsp3) is 0.120. The van der Waals surface area contributed by atoms with Crippen molar-refractivity contribution >= 4 is 79.2 Å². The van der Waals surface area contributed by atoms with Gasteiger partial charge in [0.1, 0.15) is 11.6 Å². The van der Waals surface area contributed by atoms with Crippen LogP contribution in [0.4, 0.5) is 8.78 Å². The lowest BCUT2D eigenvalue weighted by molar-refractivity contribution is -0.636. The van der Waals surface area contributed by atoms with Crippen molar-refractivity contribution in [2.24, 2.45) is 0 Å². The Balaban J connectivity index is 1.07. The molecule has 314 valence electrons. The second-order valence-corrected chi connectivity index (χ2v) is 15.6. The summed E-state index contributed by atoms with van der Waals surface area (Å²) >= 11 is 0. The van der Waals surface area contributed by atoms with Crippen molar-refractivity contribution in [1.82, 2.24) is 10.1 Å². The topological polar surface area (TPSA) is 135 Å². The van der Waals surface area contributed by atoms with Crippen molar-refractivity contribution in [3.63, 3.8) is 0 Å². The van der Waals surface area contributed by atoms with Gasteiger partial charge in [0.25, 0.3) is 23.6 Å². The maximum atomic E-state index is 15.6. The van der Waals surface area contributed by atoms with Gasteiger partial charge in [-0.25, -0.2) is 18.4 Å². The first-order chi connectivity index (χ1) is 31.0. The highest BCUT2D eigenvalue weighted by Gasteiger charge is 2.35. The zero-order valence-corrected chi connectivity index (χ0v) is 33.8. The number of hydroxylamine groups is 4. The molecular weight excluding hydrogens is 823 g/mol. The molecular formula is C50H34F2N4O8+2. The Bertz CT molecular complexity index is 3080. The lowest BCUT2D eigenvalue weighted by Crippen LogP contribution is -2.37. The molecule has 0 atom stereocenters. The molecule has 2 saturated heterocycles. The molecule has 14 heteroatoms. The predicted molar refractivity (Wildman–Crippen MR) is 226 cm³/mol. The van der Waals surface area contributed by atoms with Gasteiger partial charge in [-0.3, -0.25) is 19.2 Å². The second kappa shape index (κ2) is 15.9. The third-order valence-corrected chi connectivity index (χ3v) is 11.6. The van der Waals surface area contributed by atoms with Crippen molar-refractivity contribution < 1.29 is 56.4 Å². The summed E-state index contributed by atoms with van der Waals surface area (Å²) in [5.41, 5.74) is 6.24. The third-order valence-electron chi connectivity index (χ3n) is 11.6. The maximum absolute atomic E-state index is 15.6. The first kappa shape index (κ1) is 39.9. The van der Waals surface area contributed by atoms with E-state index in [1.54, 1.807) is 60.7 Å². The Hall–Kier alpha value is -8.26. The molecule has 2 aromatic heterocycles. The van der Waals surface area contributed by atoms with Gasteiger partial charge in [-0.2, -0.15) is 9.13 Å². The summed E-state index contributed by atoms with van der Waals surface area (Å²) in [6.07, 6.45) is -0.0729. The van der Waals surface area contributed by atoms with Gasteiger partial charge in [-0.1, -0.05) is 48.5 Å². The van der Waals surface area contributed by atoms with Gasteiger partial charge < -0.3 is 9.68 Å². The maximum Gasteiger partial charge on any atom is 0.363 e. The number of hydrogen-bond donors (Lipinski definition) is 0. The normalized spacial score (nSPS) is 14.2. The number of benzene rings is 6. The van der Waals surface area contributed by atoms with Crippen LogP contribution in [0.15, 0.2) is 133 Å². The molecule has 64 heavy (non-hydrogen) atoms. The van der Waals surface area contributed by atoms with E-state index in [9.17, 15) is 28.8 Å². The number of nitrogens with zero attached hydrogens (tertiary/aromatic N) is 4. The van der Waals surface area contributed by atoms with Gasteiger partial charge in [0.05, 0.1) is 32.7 Å². The van der Waals surface area contributed by atoms with Crippen molar-refractivity contribution in [2.75, 3.05) is 0 Å². The minimum absolute atomic E-state index is 0.0182. The van der Waals surface area contributed by atoms with Crippen LogP contribution in [-0.4, -0.2) is 45.7 Å². The fourth-order valence-corrected chi connectivity index (χ4v) is 8.60. The average Bonchev–Trinajstić information content (AvgIpc) is 3.80. The van der Waals surface area contributed by atoms with Crippen LogP contribution >= 0.6 is 0 Å². The van der Waals surface area contributed by atoms with Gasteiger partial charge in [0.2, 0.25) is 22.1 Å². The molecule has 6 aromatic carbocycles. The standard InChI is InChI=1S/C50H34F2N4O8/c51-33-17-19-41-37(25-33)47(35-5-1-3-7-39(35)53(41)27-29-9-13-31(14-10-29)49(61)63-55-43(57)21-22-44(55)58)48-36-6-2-4-8-40(36)54(42-20-18-34(52)26-38(42)48)28-30-11-15-32(16-12-30)50(62)64-56-45(59)23-24-46(56)60/h1-20,25-26H,21-24,27-28H2/q+2. The van der Waals surface area contributed by atoms with Gasteiger partial charge in [-0.05, 0) is 60.7 Å². The minimum Gasteiger partial charge on any atom is -0.325 e. The van der Waals surface area contributed by atoms with Crippen LogP contribution in [0.1, 0.15) is 57.5 Å². The van der Waals surface area contributed by atoms with Gasteiger partial charge in [-0.15, -0.1) is 10.1 Å². The van der Waals surface area contributed by atoms with Crippen LogP contribution in [0.5, 0.6) is 0 Å². The van der Waals surface area contributed by atoms with E-state index in [0.29, 0.717) is 56.1 Å². The average molecular weight is 857 g/mol. The Morgan fingerprint density at radius 1 is 0.453 bits per heavy atom. The molecule has 0 saturated carbocycles. The molecule has 2 aliphatic heterocycles. The highest BCUT2D eigenvalue weighted by Crippen LogP contribution is 2.42.